The Labute approximate surface area is 210 Å². The van der Waals surface area contributed by atoms with Crippen molar-refractivity contribution in [3.05, 3.63) is 59.7 Å². The standard InChI is InChI=1S/C27H32N2O5S/c1-16(2)12-13-23(25(30)29-17(3)35-15-24(29)26(31)32)28-27(33)34-14-22-20-10-6-4-8-18(20)19-9-5-7-11-21(19)22/h4-11,16-17,22-24H,12-15H2,1-3H3,(H,28,33)(H,31,32). The number of thioether (sulfide) groups is 1. The number of carboxylic acids is 1. The molecule has 35 heavy (non-hydrogen) atoms. The van der Waals surface area contributed by atoms with Crippen LogP contribution in [0.25, 0.3) is 11.1 Å². The predicted octanol–water partition coefficient (Wildman–Crippen LogP) is 4.70. The predicted molar refractivity (Wildman–Crippen MR) is 136 cm³/mol. The first-order valence-corrected chi connectivity index (χ1v) is 13.1. The first-order chi connectivity index (χ1) is 16.8. The highest BCUT2D eigenvalue weighted by Crippen LogP contribution is 2.44. The molecule has 186 valence electrons. The SMILES string of the molecule is CC(C)CCC(NC(=O)OCC1c2ccccc2-c2ccccc21)C(=O)N1C(C)SCC1C(=O)O. The summed E-state index contributed by atoms with van der Waals surface area (Å²) in [5, 5.41) is 12.1. The molecule has 2 amide bonds. The van der Waals surface area contributed by atoms with Gasteiger partial charge in [-0.05, 0) is 47.9 Å². The number of fused-ring (bicyclic) bond motifs is 3. The summed E-state index contributed by atoms with van der Waals surface area (Å²) < 4.78 is 5.65. The Bertz CT molecular complexity index is 1060. The van der Waals surface area contributed by atoms with Crippen molar-refractivity contribution in [3.63, 3.8) is 0 Å². The largest absolute Gasteiger partial charge is 0.480 e. The smallest absolute Gasteiger partial charge is 0.407 e. The molecule has 1 fully saturated rings. The zero-order valence-corrected chi connectivity index (χ0v) is 21.1. The Hall–Kier alpha value is -3.00. The van der Waals surface area contributed by atoms with Gasteiger partial charge in [-0.2, -0.15) is 0 Å². The maximum Gasteiger partial charge on any atom is 0.407 e. The number of hydrogen-bond acceptors (Lipinski definition) is 5. The summed E-state index contributed by atoms with van der Waals surface area (Å²) in [6.45, 7) is 6.06. The third kappa shape index (κ3) is 5.32. The topological polar surface area (TPSA) is 95.9 Å². The van der Waals surface area contributed by atoms with Crippen LogP contribution in [-0.4, -0.2) is 57.8 Å². The van der Waals surface area contributed by atoms with E-state index in [1.165, 1.54) is 16.7 Å². The molecule has 3 unspecified atom stereocenters. The van der Waals surface area contributed by atoms with Gasteiger partial charge >= 0.3 is 12.1 Å². The molecule has 1 saturated heterocycles. The molecule has 1 aliphatic carbocycles. The van der Waals surface area contributed by atoms with Gasteiger partial charge in [0.1, 0.15) is 18.7 Å². The maximum atomic E-state index is 13.4. The monoisotopic (exact) mass is 496 g/mol. The molecule has 7 nitrogen and oxygen atoms in total. The average Bonchev–Trinajstić information content (AvgIpc) is 3.38. The third-order valence-corrected chi connectivity index (χ3v) is 7.95. The first-order valence-electron chi connectivity index (χ1n) is 12.1. The first kappa shape index (κ1) is 25.1. The molecule has 8 heteroatoms. The van der Waals surface area contributed by atoms with Crippen LogP contribution in [0.15, 0.2) is 48.5 Å². The van der Waals surface area contributed by atoms with E-state index in [9.17, 15) is 19.5 Å². The number of alkyl carbamates (subject to hydrolysis) is 1. The van der Waals surface area contributed by atoms with Gasteiger partial charge in [0.2, 0.25) is 5.91 Å². The lowest BCUT2D eigenvalue weighted by atomic mass is 9.98. The van der Waals surface area contributed by atoms with Crippen LogP contribution in [0.5, 0.6) is 0 Å². The molecule has 3 atom stereocenters. The van der Waals surface area contributed by atoms with Gasteiger partial charge in [0.05, 0.1) is 5.37 Å². The maximum absolute atomic E-state index is 13.4. The number of carbonyl (C=O) groups is 3. The molecule has 0 spiro atoms. The van der Waals surface area contributed by atoms with Gasteiger partial charge in [0, 0.05) is 11.7 Å². The van der Waals surface area contributed by atoms with Crippen molar-refractivity contribution in [2.45, 2.75) is 57.0 Å². The second-order valence-electron chi connectivity index (χ2n) is 9.53. The molecule has 4 rings (SSSR count). The van der Waals surface area contributed by atoms with Crippen LogP contribution in [0.2, 0.25) is 0 Å². The molecule has 0 saturated carbocycles. The summed E-state index contributed by atoms with van der Waals surface area (Å²) in [5.41, 5.74) is 4.51. The Kier molecular flexibility index (Phi) is 7.69. The third-order valence-electron chi connectivity index (χ3n) is 6.73. The van der Waals surface area contributed by atoms with Crippen molar-refractivity contribution in [3.8, 4) is 11.1 Å². The van der Waals surface area contributed by atoms with E-state index in [1.54, 1.807) is 0 Å². The Balaban J connectivity index is 1.46. The second kappa shape index (κ2) is 10.7. The highest BCUT2D eigenvalue weighted by atomic mass is 32.2. The van der Waals surface area contributed by atoms with Crippen LogP contribution in [-0.2, 0) is 14.3 Å². The van der Waals surface area contributed by atoms with Crippen LogP contribution in [0.1, 0.15) is 50.7 Å². The quantitative estimate of drug-likeness (QED) is 0.550. The van der Waals surface area contributed by atoms with Gasteiger partial charge in [-0.3, -0.25) is 4.79 Å². The van der Waals surface area contributed by atoms with E-state index in [4.69, 9.17) is 4.74 Å². The molecule has 2 aromatic carbocycles. The number of carbonyl (C=O) groups excluding carboxylic acids is 2. The number of aliphatic carboxylic acids is 1. The molecule has 1 aliphatic heterocycles. The number of benzene rings is 2. The fourth-order valence-corrected chi connectivity index (χ4v) is 6.06. The highest BCUT2D eigenvalue weighted by Gasteiger charge is 2.42. The lowest BCUT2D eigenvalue weighted by Gasteiger charge is -2.30. The number of amides is 2. The number of nitrogens with one attached hydrogen (secondary N) is 1. The van der Waals surface area contributed by atoms with E-state index in [1.807, 2.05) is 45.0 Å². The molecule has 0 radical (unpaired) electrons. The molecule has 1 heterocycles. The van der Waals surface area contributed by atoms with Crippen LogP contribution in [0.4, 0.5) is 4.79 Å². The normalized spacial score (nSPS) is 19.8. The average molecular weight is 497 g/mol. The van der Waals surface area contributed by atoms with Crippen molar-refractivity contribution in [2.24, 2.45) is 5.92 Å². The minimum atomic E-state index is -1.03. The van der Waals surface area contributed by atoms with Crippen molar-refractivity contribution < 1.29 is 24.2 Å². The molecule has 2 aliphatic rings. The van der Waals surface area contributed by atoms with E-state index >= 15 is 0 Å². The van der Waals surface area contributed by atoms with Gasteiger partial charge in [0.25, 0.3) is 0 Å². The zero-order chi connectivity index (χ0) is 25.1. The number of ether oxygens (including phenoxy) is 1. The summed E-state index contributed by atoms with van der Waals surface area (Å²) in [5.74, 6) is -0.813. The van der Waals surface area contributed by atoms with Crippen molar-refractivity contribution in [1.29, 1.82) is 0 Å². The number of carboxylic acid groups (broad SMARTS) is 1. The Morgan fingerprint density at radius 3 is 2.23 bits per heavy atom. The van der Waals surface area contributed by atoms with Crippen molar-refractivity contribution in [2.75, 3.05) is 12.4 Å². The Morgan fingerprint density at radius 1 is 1.06 bits per heavy atom. The molecular formula is C27H32N2O5S. The summed E-state index contributed by atoms with van der Waals surface area (Å²) >= 11 is 1.43. The number of nitrogens with zero attached hydrogens (tertiary/aromatic N) is 1. The highest BCUT2D eigenvalue weighted by molar-refractivity contribution is 8.00. The molecule has 2 aromatic rings. The van der Waals surface area contributed by atoms with Gasteiger partial charge < -0.3 is 20.1 Å². The van der Waals surface area contributed by atoms with Crippen molar-refractivity contribution in [1.82, 2.24) is 10.2 Å². The van der Waals surface area contributed by atoms with Crippen molar-refractivity contribution >= 4 is 29.7 Å². The lowest BCUT2D eigenvalue weighted by Crippen LogP contribution is -2.54. The van der Waals surface area contributed by atoms with E-state index in [-0.39, 0.29) is 23.8 Å². The molecular weight excluding hydrogens is 464 g/mol. The molecule has 2 N–H and O–H groups in total. The van der Waals surface area contributed by atoms with Crippen LogP contribution < -0.4 is 5.32 Å². The fraction of sp³-hybridized carbons (Fsp3) is 0.444. The molecule has 0 aromatic heterocycles. The number of rotatable bonds is 8. The second-order valence-corrected chi connectivity index (χ2v) is 10.9. The summed E-state index contributed by atoms with van der Waals surface area (Å²) in [6.07, 6.45) is 0.467. The van der Waals surface area contributed by atoms with E-state index < -0.39 is 24.1 Å². The van der Waals surface area contributed by atoms with Gasteiger partial charge in [-0.15, -0.1) is 11.8 Å². The van der Waals surface area contributed by atoms with Crippen LogP contribution >= 0.6 is 11.8 Å². The summed E-state index contributed by atoms with van der Waals surface area (Å²) in [6, 6.07) is 14.5. The van der Waals surface area contributed by atoms with E-state index in [0.717, 1.165) is 22.3 Å². The Morgan fingerprint density at radius 2 is 1.66 bits per heavy atom. The molecule has 0 bridgehead atoms. The minimum Gasteiger partial charge on any atom is -0.480 e. The van der Waals surface area contributed by atoms with Gasteiger partial charge in [0.15, 0.2) is 0 Å². The van der Waals surface area contributed by atoms with Crippen LogP contribution in [0, 0.1) is 5.92 Å². The van der Waals surface area contributed by atoms with E-state index in [0.29, 0.717) is 24.5 Å². The van der Waals surface area contributed by atoms with Gasteiger partial charge in [-0.25, -0.2) is 9.59 Å². The summed E-state index contributed by atoms with van der Waals surface area (Å²) in [4.78, 5) is 39.4. The van der Waals surface area contributed by atoms with Crippen LogP contribution in [0.3, 0.4) is 0 Å². The minimum absolute atomic E-state index is 0.0793. The lowest BCUT2D eigenvalue weighted by molar-refractivity contribution is -0.149. The zero-order valence-electron chi connectivity index (χ0n) is 20.3. The van der Waals surface area contributed by atoms with Gasteiger partial charge in [-0.1, -0.05) is 62.4 Å². The number of hydrogen-bond donors (Lipinski definition) is 2. The fourth-order valence-electron chi connectivity index (χ4n) is 4.89. The van der Waals surface area contributed by atoms with E-state index in [2.05, 4.69) is 29.6 Å². The summed E-state index contributed by atoms with van der Waals surface area (Å²) in [7, 11) is 0.